The number of allylic oxidation sites excluding steroid dienone is 1. The number of fused-ring (bicyclic) bond motifs is 9. The second-order valence-corrected chi connectivity index (χ2v) is 17.4. The monoisotopic (exact) mass is 823 g/mol. The highest BCUT2D eigenvalue weighted by Crippen LogP contribution is 2.43. The van der Waals surface area contributed by atoms with Gasteiger partial charge in [0, 0.05) is 58.7 Å². The molecule has 0 amide bonds. The molecule has 1 aliphatic heterocycles. The number of aliphatic imine (C=N–C) groups is 1. The molecule has 296 valence electrons. The molecular weight excluding hydrogens is 787 g/mol. The first-order chi connectivity index (χ1) is 31.2. The van der Waals surface area contributed by atoms with Gasteiger partial charge in [0.25, 0.3) is 0 Å². The van der Waals surface area contributed by atoms with Gasteiger partial charge in [-0.25, -0.2) is 0 Å². The van der Waals surface area contributed by atoms with Gasteiger partial charge in [-0.1, -0.05) is 133 Å². The fourth-order valence-electron chi connectivity index (χ4n) is 9.66. The largest absolute Gasteiger partial charge is 0.456 e. The van der Waals surface area contributed by atoms with Crippen LogP contribution in [0, 0.1) is 0 Å². The summed E-state index contributed by atoms with van der Waals surface area (Å²) in [4.78, 5) is 5.44. The maximum absolute atomic E-state index is 6.21. The van der Waals surface area contributed by atoms with Crippen molar-refractivity contribution in [2.45, 2.75) is 6.17 Å². The fraction of sp³-hybridized carbons (Fsp3) is 0.0172. The highest BCUT2D eigenvalue weighted by atomic mass is 32.1. The Labute approximate surface area is 367 Å². The SMILES string of the molecule is C1=C(c2ccc3oc4ccccc4c3c2)NC(c2cccc3sc4ccc(-c5ccc6c(c5)c5ccccc5n6-c5cccc(-c6ccccc6)c5)cc4c23)N=C1c1ccccc1. The number of aromatic nitrogens is 1. The molecule has 4 nitrogen and oxygen atoms in total. The lowest BCUT2D eigenvalue weighted by Gasteiger charge is -2.25. The van der Waals surface area contributed by atoms with Gasteiger partial charge in [-0.05, 0) is 112 Å². The second kappa shape index (κ2) is 14.3. The number of benzene rings is 9. The molecule has 0 saturated heterocycles. The van der Waals surface area contributed by atoms with Crippen molar-refractivity contribution in [3.8, 4) is 27.9 Å². The zero-order valence-electron chi connectivity index (χ0n) is 34.0. The fourth-order valence-corrected chi connectivity index (χ4v) is 10.8. The lowest BCUT2D eigenvalue weighted by atomic mass is 9.97. The summed E-state index contributed by atoms with van der Waals surface area (Å²) in [5.41, 5.74) is 15.4. The first-order valence-electron chi connectivity index (χ1n) is 21.4. The Morgan fingerprint density at radius 3 is 1.97 bits per heavy atom. The van der Waals surface area contributed by atoms with Crippen LogP contribution < -0.4 is 5.32 Å². The summed E-state index contributed by atoms with van der Waals surface area (Å²) in [6.45, 7) is 0. The first-order valence-corrected chi connectivity index (χ1v) is 22.2. The van der Waals surface area contributed by atoms with E-state index in [0.29, 0.717) is 0 Å². The van der Waals surface area contributed by atoms with Crippen molar-refractivity contribution in [1.82, 2.24) is 9.88 Å². The summed E-state index contributed by atoms with van der Waals surface area (Å²) >= 11 is 1.84. The van der Waals surface area contributed by atoms with Crippen molar-refractivity contribution in [3.63, 3.8) is 0 Å². The van der Waals surface area contributed by atoms with Crippen molar-refractivity contribution in [2.24, 2.45) is 4.99 Å². The smallest absolute Gasteiger partial charge is 0.146 e. The standard InChI is InChI=1S/C58H37N3OS/c1-3-13-36(14-4-1)38-17-11-18-42(31-38)61-51-22-9-7-19-43(51)46-32-39(25-28-52(46)61)40-27-30-55-48(33-40)57-45(21-12-24-56(57)63-55)58-59-49(37-15-5-2-6-16-37)35-50(60-58)41-26-29-54-47(34-41)44-20-8-10-23-53(44)62-54/h1-35,58,60H. The molecule has 0 aliphatic carbocycles. The lowest BCUT2D eigenvalue weighted by molar-refractivity contribution is 0.667. The summed E-state index contributed by atoms with van der Waals surface area (Å²) in [7, 11) is 0. The van der Waals surface area contributed by atoms with Gasteiger partial charge in [-0.15, -0.1) is 11.3 Å². The van der Waals surface area contributed by atoms with E-state index in [1.807, 2.05) is 23.5 Å². The quantitative estimate of drug-likeness (QED) is 0.181. The van der Waals surface area contributed by atoms with Crippen LogP contribution in [0.1, 0.15) is 22.9 Å². The normalized spacial score (nSPS) is 14.2. The zero-order chi connectivity index (χ0) is 41.4. The van der Waals surface area contributed by atoms with Crippen LogP contribution in [0.5, 0.6) is 0 Å². The average Bonchev–Trinajstić information content (AvgIpc) is 4.03. The van der Waals surface area contributed by atoms with Crippen LogP contribution in [-0.2, 0) is 0 Å². The summed E-state index contributed by atoms with van der Waals surface area (Å²) in [6, 6.07) is 74.1. The first kappa shape index (κ1) is 35.7. The molecular formula is C58H37N3OS. The van der Waals surface area contributed by atoms with Crippen molar-refractivity contribution >= 4 is 86.7 Å². The highest BCUT2D eigenvalue weighted by molar-refractivity contribution is 7.25. The van der Waals surface area contributed by atoms with E-state index >= 15 is 0 Å². The Hall–Kier alpha value is -7.99. The third kappa shape index (κ3) is 5.93. The summed E-state index contributed by atoms with van der Waals surface area (Å²) in [5, 5.41) is 11.1. The third-order valence-corrected chi connectivity index (χ3v) is 13.8. The molecule has 0 spiro atoms. The Morgan fingerprint density at radius 1 is 0.444 bits per heavy atom. The van der Waals surface area contributed by atoms with E-state index in [0.717, 1.165) is 55.7 Å². The van der Waals surface area contributed by atoms with Gasteiger partial charge in [-0.3, -0.25) is 4.99 Å². The van der Waals surface area contributed by atoms with Gasteiger partial charge in [0.1, 0.15) is 17.3 Å². The molecule has 12 aromatic rings. The minimum Gasteiger partial charge on any atom is -0.456 e. The highest BCUT2D eigenvalue weighted by Gasteiger charge is 2.24. The number of thiophene rings is 1. The Morgan fingerprint density at radius 2 is 1.10 bits per heavy atom. The molecule has 1 unspecified atom stereocenters. The van der Waals surface area contributed by atoms with E-state index in [9.17, 15) is 0 Å². The topological polar surface area (TPSA) is 42.5 Å². The Balaban J connectivity index is 0.929. The molecule has 0 bridgehead atoms. The molecule has 1 atom stereocenters. The van der Waals surface area contributed by atoms with Gasteiger partial charge in [0.2, 0.25) is 0 Å². The van der Waals surface area contributed by atoms with Crippen LogP contribution in [-0.4, -0.2) is 10.3 Å². The van der Waals surface area contributed by atoms with E-state index in [1.165, 1.54) is 64.2 Å². The van der Waals surface area contributed by atoms with Crippen LogP contribution >= 0.6 is 11.3 Å². The van der Waals surface area contributed by atoms with Crippen LogP contribution in [0.4, 0.5) is 0 Å². The minimum absolute atomic E-state index is 0.315. The predicted molar refractivity (Wildman–Crippen MR) is 265 cm³/mol. The lowest BCUT2D eigenvalue weighted by Crippen LogP contribution is -2.25. The maximum Gasteiger partial charge on any atom is 0.146 e. The number of para-hydroxylation sites is 2. The molecule has 0 fully saturated rings. The van der Waals surface area contributed by atoms with Crippen molar-refractivity contribution in [2.75, 3.05) is 0 Å². The van der Waals surface area contributed by atoms with Crippen molar-refractivity contribution < 1.29 is 4.42 Å². The van der Waals surface area contributed by atoms with Gasteiger partial charge in [0.15, 0.2) is 0 Å². The summed E-state index contributed by atoms with van der Waals surface area (Å²) in [6.07, 6.45) is 1.87. The summed E-state index contributed by atoms with van der Waals surface area (Å²) in [5.74, 6) is 0. The van der Waals surface area contributed by atoms with Crippen LogP contribution in [0.15, 0.2) is 222 Å². The van der Waals surface area contributed by atoms with Gasteiger partial charge in [0.05, 0.1) is 16.7 Å². The molecule has 0 saturated carbocycles. The van der Waals surface area contributed by atoms with E-state index < -0.39 is 0 Å². The molecule has 0 radical (unpaired) electrons. The second-order valence-electron chi connectivity index (χ2n) is 16.3. The molecule has 4 heterocycles. The number of furan rings is 1. The number of nitrogens with zero attached hydrogens (tertiary/aromatic N) is 2. The van der Waals surface area contributed by atoms with Gasteiger partial charge < -0.3 is 14.3 Å². The van der Waals surface area contributed by atoms with Crippen molar-refractivity contribution in [1.29, 1.82) is 0 Å². The van der Waals surface area contributed by atoms with Gasteiger partial charge in [-0.2, -0.15) is 0 Å². The van der Waals surface area contributed by atoms with Gasteiger partial charge >= 0.3 is 0 Å². The number of hydrogen-bond donors (Lipinski definition) is 1. The molecule has 1 N–H and O–H groups in total. The number of nitrogens with one attached hydrogen (secondary N) is 1. The third-order valence-electron chi connectivity index (χ3n) is 12.6. The predicted octanol–water partition coefficient (Wildman–Crippen LogP) is 15.5. The van der Waals surface area contributed by atoms with Crippen LogP contribution in [0.3, 0.4) is 0 Å². The Bertz CT molecular complexity index is 3830. The number of rotatable bonds is 6. The number of hydrogen-bond acceptors (Lipinski definition) is 4. The maximum atomic E-state index is 6.21. The molecule has 5 heteroatoms. The molecule has 1 aliphatic rings. The van der Waals surface area contributed by atoms with Crippen LogP contribution in [0.25, 0.3) is 97.6 Å². The van der Waals surface area contributed by atoms with Crippen molar-refractivity contribution in [3.05, 3.63) is 229 Å². The zero-order valence-corrected chi connectivity index (χ0v) is 34.8. The summed E-state index contributed by atoms with van der Waals surface area (Å²) < 4.78 is 11.1. The van der Waals surface area contributed by atoms with E-state index in [4.69, 9.17) is 9.41 Å². The van der Waals surface area contributed by atoms with E-state index in [-0.39, 0.29) is 6.17 Å². The molecule has 9 aromatic carbocycles. The molecule has 3 aromatic heterocycles. The molecule has 63 heavy (non-hydrogen) atoms. The average molecular weight is 824 g/mol. The van der Waals surface area contributed by atoms with E-state index in [1.54, 1.807) is 0 Å². The Kier molecular flexibility index (Phi) is 8.11. The van der Waals surface area contributed by atoms with Crippen LogP contribution in [0.2, 0.25) is 0 Å². The van der Waals surface area contributed by atoms with E-state index in [2.05, 4.69) is 210 Å². The molecule has 13 rings (SSSR count). The minimum atomic E-state index is -0.315.